The molecule has 324 valence electrons. The van der Waals surface area contributed by atoms with Crippen LogP contribution in [0.15, 0.2) is 194 Å². The summed E-state index contributed by atoms with van der Waals surface area (Å²) in [6.45, 7) is 8.95. The Morgan fingerprint density at radius 3 is 1.89 bits per heavy atom. The maximum Gasteiger partial charge on any atom is 0.268 e. The third-order valence-electron chi connectivity index (χ3n) is 12.4. The first-order chi connectivity index (χ1) is 31.8. The molecule has 8 aromatic carbocycles. The van der Waals surface area contributed by atoms with Gasteiger partial charge in [-0.05, 0) is 74.0 Å². The number of hydrogen-bond donors (Lipinski definition) is 0. The molecule has 3 heterocycles. The summed E-state index contributed by atoms with van der Waals surface area (Å²) in [6, 6.07) is 73.1. The quantitative estimate of drug-likeness (QED) is 0.107. The minimum Gasteiger partial charge on any atom is -0.510 e. The fourth-order valence-electron chi connectivity index (χ4n) is 9.12. The van der Waals surface area contributed by atoms with E-state index in [2.05, 4.69) is 224 Å². The van der Waals surface area contributed by atoms with Crippen LogP contribution in [0, 0.1) is 18.5 Å². The van der Waals surface area contributed by atoms with Crippen molar-refractivity contribution < 1.29 is 30.4 Å². The van der Waals surface area contributed by atoms with Gasteiger partial charge in [0.2, 0.25) is 0 Å². The zero-order chi connectivity index (χ0) is 44.1. The second-order valence-corrected chi connectivity index (χ2v) is 17.5. The van der Waals surface area contributed by atoms with Gasteiger partial charge in [0.05, 0.1) is 16.7 Å². The van der Waals surface area contributed by atoms with Crippen LogP contribution in [-0.2, 0) is 32.9 Å². The van der Waals surface area contributed by atoms with E-state index in [0.29, 0.717) is 11.5 Å². The van der Waals surface area contributed by atoms with Crippen LogP contribution in [-0.4, -0.2) is 14.1 Å². The zero-order valence-corrected chi connectivity index (χ0v) is 39.5. The van der Waals surface area contributed by atoms with Gasteiger partial charge in [0.15, 0.2) is 0 Å². The van der Waals surface area contributed by atoms with Crippen molar-refractivity contribution in [3.63, 3.8) is 0 Å². The van der Waals surface area contributed by atoms with E-state index in [0.717, 1.165) is 84.3 Å². The minimum atomic E-state index is 0. The standard InChI is InChI=1S/C60H46N4O.Pt/c1-5-41-36-58(61-39-53(41)44-30-32-45(33-31-44)60(2,3)4)64-54-27-13-12-24-51(54)52-35-34-48(38-57(52)64)65-47-23-16-22-46(37-47)62-40-63(56-29-15-14-28-55(56)62)59-49(42-18-8-6-9-19-42)25-17-26-50(59)43-20-10-7-11-21-43;/h6-36,39H,5H2,1-4H3;/q-2;. The van der Waals surface area contributed by atoms with Gasteiger partial charge in [-0.3, -0.25) is 4.57 Å². The fourth-order valence-corrected chi connectivity index (χ4v) is 9.12. The number of benzene rings is 8. The Labute approximate surface area is 400 Å². The van der Waals surface area contributed by atoms with Crippen molar-refractivity contribution >= 4 is 32.8 Å². The van der Waals surface area contributed by atoms with Gasteiger partial charge in [-0.15, -0.1) is 29.7 Å². The molecule has 0 atom stereocenters. The molecule has 0 radical (unpaired) electrons. The topological polar surface area (TPSA) is 35.9 Å². The Morgan fingerprint density at radius 1 is 0.576 bits per heavy atom. The van der Waals surface area contributed by atoms with Crippen LogP contribution >= 0.6 is 0 Å². The molecule has 0 fully saturated rings. The van der Waals surface area contributed by atoms with Gasteiger partial charge < -0.3 is 13.9 Å². The average molecular weight is 1030 g/mol. The molecule has 11 aromatic rings. The van der Waals surface area contributed by atoms with Crippen molar-refractivity contribution in [2.45, 2.75) is 39.5 Å². The van der Waals surface area contributed by atoms with E-state index in [-0.39, 0.29) is 26.5 Å². The van der Waals surface area contributed by atoms with Crippen molar-refractivity contribution in [2.75, 3.05) is 0 Å². The van der Waals surface area contributed by atoms with Crippen LogP contribution in [0.3, 0.4) is 0 Å². The van der Waals surface area contributed by atoms with Gasteiger partial charge in [0, 0.05) is 49.8 Å². The van der Waals surface area contributed by atoms with Crippen molar-refractivity contribution in [1.29, 1.82) is 0 Å². The third-order valence-corrected chi connectivity index (χ3v) is 12.4. The molecule has 0 bridgehead atoms. The monoisotopic (exact) mass is 1030 g/mol. The summed E-state index contributed by atoms with van der Waals surface area (Å²) in [4.78, 5) is 5.12. The number of imidazole rings is 1. The first-order valence-electron chi connectivity index (χ1n) is 22.3. The van der Waals surface area contributed by atoms with Crippen LogP contribution in [0.2, 0.25) is 0 Å². The van der Waals surface area contributed by atoms with Crippen molar-refractivity contribution in [2.24, 2.45) is 0 Å². The molecular weight excluding hydrogens is 988 g/mol. The summed E-state index contributed by atoms with van der Waals surface area (Å²) < 4.78 is 13.1. The van der Waals surface area contributed by atoms with Crippen LogP contribution < -0.4 is 9.30 Å². The molecular formula is C60H46N4OPt-2. The molecule has 0 aliphatic rings. The summed E-state index contributed by atoms with van der Waals surface area (Å²) in [5.74, 6) is 2.00. The second-order valence-electron chi connectivity index (χ2n) is 17.5. The number of nitrogens with zero attached hydrogens (tertiary/aromatic N) is 4. The molecule has 11 rings (SSSR count). The Kier molecular flexibility index (Phi) is 11.3. The van der Waals surface area contributed by atoms with Crippen molar-refractivity contribution in [3.05, 3.63) is 224 Å². The predicted molar refractivity (Wildman–Crippen MR) is 264 cm³/mol. The van der Waals surface area contributed by atoms with E-state index in [1.54, 1.807) is 0 Å². The smallest absolute Gasteiger partial charge is 0.268 e. The van der Waals surface area contributed by atoms with Gasteiger partial charge in [0.1, 0.15) is 5.82 Å². The number of fused-ring (bicyclic) bond motifs is 4. The van der Waals surface area contributed by atoms with Crippen molar-refractivity contribution in [3.8, 4) is 62.1 Å². The van der Waals surface area contributed by atoms with Gasteiger partial charge in [0.25, 0.3) is 6.33 Å². The first kappa shape index (κ1) is 42.6. The summed E-state index contributed by atoms with van der Waals surface area (Å²) in [5.41, 5.74) is 15.3. The number of hydrogen-bond acceptors (Lipinski definition) is 2. The number of para-hydroxylation sites is 4. The second kappa shape index (κ2) is 17.6. The molecule has 0 aliphatic carbocycles. The molecule has 3 aromatic heterocycles. The van der Waals surface area contributed by atoms with Gasteiger partial charge in [-0.2, -0.15) is 18.2 Å². The average Bonchev–Trinajstić information content (AvgIpc) is 3.90. The molecule has 66 heavy (non-hydrogen) atoms. The number of aryl methyl sites for hydroxylation is 1. The van der Waals surface area contributed by atoms with Crippen LogP contribution in [0.25, 0.3) is 83.4 Å². The Bertz CT molecular complexity index is 3470. The Balaban J connectivity index is 0.00000511. The molecule has 0 amide bonds. The van der Waals surface area contributed by atoms with Gasteiger partial charge in [-0.25, -0.2) is 4.98 Å². The molecule has 0 N–H and O–H groups in total. The normalized spacial score (nSPS) is 11.6. The zero-order valence-electron chi connectivity index (χ0n) is 37.2. The maximum atomic E-state index is 6.67. The van der Waals surface area contributed by atoms with E-state index in [9.17, 15) is 0 Å². The fraction of sp³-hybridized carbons (Fsp3) is 0.100. The minimum absolute atomic E-state index is 0. The molecule has 5 nitrogen and oxygen atoms in total. The summed E-state index contributed by atoms with van der Waals surface area (Å²) >= 11 is 0. The molecule has 0 saturated carbocycles. The number of rotatable bonds is 9. The molecule has 0 unspecified atom stereocenters. The van der Waals surface area contributed by atoms with Crippen LogP contribution in [0.5, 0.6) is 11.5 Å². The van der Waals surface area contributed by atoms with Crippen LogP contribution in [0.4, 0.5) is 0 Å². The predicted octanol–water partition coefficient (Wildman–Crippen LogP) is 14.5. The SMILES string of the molecule is CCc1cc(-n2c3[c-]c(Oc4[c-]c(-n5[c-][n+](-c6c(-c7ccccc7)cccc6-c6ccccc6)c6ccccc65)ccc4)ccc3c3ccccc32)ncc1-c1ccc(C(C)(C)C)cc1.[Pt]. The molecule has 0 spiro atoms. The van der Waals surface area contributed by atoms with E-state index in [1.165, 1.54) is 16.7 Å². The maximum absolute atomic E-state index is 6.67. The number of ether oxygens (including phenoxy) is 1. The Hall–Kier alpha value is -7.33. The Morgan fingerprint density at radius 2 is 1.20 bits per heavy atom. The third kappa shape index (κ3) is 7.74. The first-order valence-corrected chi connectivity index (χ1v) is 22.3. The van der Waals surface area contributed by atoms with E-state index in [4.69, 9.17) is 9.72 Å². The van der Waals surface area contributed by atoms with E-state index < -0.39 is 0 Å². The van der Waals surface area contributed by atoms with E-state index in [1.807, 2.05) is 30.5 Å². The summed E-state index contributed by atoms with van der Waals surface area (Å²) in [6.07, 6.45) is 6.65. The van der Waals surface area contributed by atoms with E-state index >= 15 is 0 Å². The summed E-state index contributed by atoms with van der Waals surface area (Å²) in [7, 11) is 0. The number of aromatic nitrogens is 4. The molecule has 0 aliphatic heterocycles. The van der Waals surface area contributed by atoms with Crippen molar-refractivity contribution in [1.82, 2.24) is 14.1 Å². The number of pyridine rings is 1. The molecule has 6 heteroatoms. The molecule has 0 saturated heterocycles. The summed E-state index contributed by atoms with van der Waals surface area (Å²) in [5, 5.41) is 2.21. The van der Waals surface area contributed by atoms with Crippen LogP contribution in [0.1, 0.15) is 38.8 Å². The van der Waals surface area contributed by atoms with Gasteiger partial charge in [-0.1, -0.05) is 179 Å². The largest absolute Gasteiger partial charge is 0.510 e. The van der Waals surface area contributed by atoms with Gasteiger partial charge >= 0.3 is 0 Å².